The van der Waals surface area contributed by atoms with Crippen molar-refractivity contribution in [1.82, 2.24) is 5.32 Å². The third kappa shape index (κ3) is 1.40. The number of nitrogens with zero attached hydrogens (tertiary/aromatic N) is 1. The van der Waals surface area contributed by atoms with Gasteiger partial charge in [-0.2, -0.15) is 0 Å². The molecule has 46 valence electrons. The molecule has 3 nitrogen and oxygen atoms in total. The highest BCUT2D eigenvalue weighted by Gasteiger charge is 2.01. The van der Waals surface area contributed by atoms with Gasteiger partial charge in [0.1, 0.15) is 6.54 Å². The van der Waals surface area contributed by atoms with E-state index in [0.29, 0.717) is 0 Å². The molecule has 1 heterocycles. The van der Waals surface area contributed by atoms with Gasteiger partial charge in [0.2, 0.25) is 0 Å². The average molecular weight is 115 g/mol. The Kier molecular flexibility index (Phi) is 1.72. The zero-order valence-electron chi connectivity index (χ0n) is 4.80. The number of hydroxylamine groups is 1. The van der Waals surface area contributed by atoms with Crippen LogP contribution in [0.3, 0.4) is 0 Å². The number of rotatable bonds is 0. The normalized spacial score (nSPS) is 20.8. The fourth-order valence-corrected chi connectivity index (χ4v) is 0.735. The zero-order chi connectivity index (χ0) is 5.82. The van der Waals surface area contributed by atoms with E-state index >= 15 is 0 Å². The van der Waals surface area contributed by atoms with Crippen LogP contribution in [0.2, 0.25) is 0 Å². The second kappa shape index (κ2) is 2.55. The molecule has 8 heavy (non-hydrogen) atoms. The molecule has 0 aliphatic carbocycles. The van der Waals surface area contributed by atoms with Gasteiger partial charge in [-0.05, 0) is 12.8 Å². The highest BCUT2D eigenvalue weighted by molar-refractivity contribution is 5.47. The highest BCUT2D eigenvalue weighted by atomic mass is 16.5. The Hall–Kier alpha value is -0.730. The van der Waals surface area contributed by atoms with Gasteiger partial charge in [-0.25, -0.2) is 0 Å². The van der Waals surface area contributed by atoms with Crippen molar-refractivity contribution in [1.29, 1.82) is 0 Å². The van der Waals surface area contributed by atoms with E-state index in [1.165, 1.54) is 4.74 Å². The van der Waals surface area contributed by atoms with Crippen molar-refractivity contribution < 1.29 is 9.95 Å². The molecule has 3 heteroatoms. The van der Waals surface area contributed by atoms with Crippen LogP contribution in [0, 0.1) is 0 Å². The van der Waals surface area contributed by atoms with Crippen LogP contribution in [-0.2, 0) is 0 Å². The average Bonchev–Trinajstić information content (AvgIpc) is 1.94. The lowest BCUT2D eigenvalue weighted by molar-refractivity contribution is -0.771. The maximum atomic E-state index is 8.80. The first kappa shape index (κ1) is 5.41. The number of hydrogen-bond donors (Lipinski definition) is 2. The molecule has 0 amide bonds. The Bertz CT molecular complexity index is 101. The molecule has 1 rings (SSSR count). The fourth-order valence-electron chi connectivity index (χ4n) is 0.735. The molecule has 0 bridgehead atoms. The molecule has 0 saturated carbocycles. The molecular formula is C5H11N2O+. The Morgan fingerprint density at radius 2 is 2.38 bits per heavy atom. The molecule has 1 aliphatic rings. The lowest BCUT2D eigenvalue weighted by Crippen LogP contribution is -2.17. The third-order valence-corrected chi connectivity index (χ3v) is 1.20. The van der Waals surface area contributed by atoms with E-state index in [-0.39, 0.29) is 0 Å². The summed E-state index contributed by atoms with van der Waals surface area (Å²) in [5.74, 6) is 0. The van der Waals surface area contributed by atoms with E-state index in [4.69, 9.17) is 5.21 Å². The van der Waals surface area contributed by atoms with Crippen molar-refractivity contribution >= 4 is 6.34 Å². The zero-order valence-corrected chi connectivity index (χ0v) is 4.80. The monoisotopic (exact) mass is 115 g/mol. The minimum atomic E-state index is 0.757. The summed E-state index contributed by atoms with van der Waals surface area (Å²) in [5.41, 5.74) is 0. The van der Waals surface area contributed by atoms with Crippen LogP contribution in [0.15, 0.2) is 0 Å². The number of hydrogen-bond acceptors (Lipinski definition) is 2. The molecule has 0 aromatic carbocycles. The molecule has 0 aromatic heterocycles. The van der Waals surface area contributed by atoms with Crippen LogP contribution < -0.4 is 5.32 Å². The first-order valence-corrected chi connectivity index (χ1v) is 2.92. The van der Waals surface area contributed by atoms with Crippen molar-refractivity contribution in [3.8, 4) is 0 Å². The molecule has 2 N–H and O–H groups in total. The summed E-state index contributed by atoms with van der Waals surface area (Å²) in [4.78, 5) is 0. The minimum Gasteiger partial charge on any atom is -0.355 e. The summed E-state index contributed by atoms with van der Waals surface area (Å²) in [5, 5.41) is 11.8. The molecule has 0 atom stereocenters. The first-order chi connectivity index (χ1) is 3.89. The first-order valence-electron chi connectivity index (χ1n) is 2.92. The summed E-state index contributed by atoms with van der Waals surface area (Å²) < 4.78 is 1.19. The predicted molar refractivity (Wildman–Crippen MR) is 30.2 cm³/mol. The van der Waals surface area contributed by atoms with Gasteiger partial charge in [-0.3, -0.25) is 5.32 Å². The van der Waals surface area contributed by atoms with E-state index < -0.39 is 0 Å². The Balaban J connectivity index is 2.36. The van der Waals surface area contributed by atoms with Crippen LogP contribution in [0.4, 0.5) is 0 Å². The molecule has 1 aliphatic heterocycles. The van der Waals surface area contributed by atoms with Crippen LogP contribution in [0.1, 0.15) is 12.8 Å². The summed E-state index contributed by atoms with van der Waals surface area (Å²) in [6.45, 7) is 1.74. The number of nitrogens with one attached hydrogen (secondary N) is 1. The van der Waals surface area contributed by atoms with Crippen molar-refractivity contribution in [2.75, 3.05) is 13.1 Å². The summed E-state index contributed by atoms with van der Waals surface area (Å²) in [6.07, 6.45) is 3.82. The van der Waals surface area contributed by atoms with Gasteiger partial charge in [-0.15, -0.1) is 0 Å². The lowest BCUT2D eigenvalue weighted by Gasteiger charge is -1.88. The lowest BCUT2D eigenvalue weighted by atomic mass is 10.3. The van der Waals surface area contributed by atoms with Gasteiger partial charge in [0.05, 0.1) is 6.54 Å². The van der Waals surface area contributed by atoms with E-state index in [1.54, 1.807) is 6.34 Å². The Labute approximate surface area is 48.6 Å². The standard InChI is InChI=1S/C5H10N2O/c8-7-4-2-1-3-6-5-7/h5,8H,1-4H2/p+1. The largest absolute Gasteiger partial charge is 0.355 e. The fraction of sp³-hybridized carbons (Fsp3) is 0.800. The molecule has 0 spiro atoms. The summed E-state index contributed by atoms with van der Waals surface area (Å²) in [6, 6.07) is 0. The second-order valence-electron chi connectivity index (χ2n) is 1.95. The van der Waals surface area contributed by atoms with Gasteiger partial charge in [-0.1, -0.05) is 4.74 Å². The van der Waals surface area contributed by atoms with Crippen LogP contribution in [0.5, 0.6) is 0 Å². The minimum absolute atomic E-state index is 0.757. The predicted octanol–water partition coefficient (Wildman–Crippen LogP) is -0.200. The quantitative estimate of drug-likeness (QED) is 0.339. The second-order valence-corrected chi connectivity index (χ2v) is 1.95. The SMILES string of the molecule is O[N+]1=CNCCCC1. The van der Waals surface area contributed by atoms with Crippen molar-refractivity contribution in [2.45, 2.75) is 12.8 Å². The molecule has 0 fully saturated rings. The molecular weight excluding hydrogens is 104 g/mol. The maximum Gasteiger partial charge on any atom is 0.271 e. The molecule has 0 unspecified atom stereocenters. The van der Waals surface area contributed by atoms with Crippen LogP contribution in [-0.4, -0.2) is 29.4 Å². The van der Waals surface area contributed by atoms with Gasteiger partial charge < -0.3 is 5.21 Å². The third-order valence-electron chi connectivity index (χ3n) is 1.20. The maximum absolute atomic E-state index is 8.80. The van der Waals surface area contributed by atoms with Crippen LogP contribution >= 0.6 is 0 Å². The van der Waals surface area contributed by atoms with Crippen molar-refractivity contribution in [2.24, 2.45) is 0 Å². The molecule has 0 saturated heterocycles. The van der Waals surface area contributed by atoms with Crippen LogP contribution in [0.25, 0.3) is 0 Å². The van der Waals surface area contributed by atoms with Gasteiger partial charge in [0, 0.05) is 0 Å². The van der Waals surface area contributed by atoms with E-state index in [9.17, 15) is 0 Å². The van der Waals surface area contributed by atoms with Gasteiger partial charge >= 0.3 is 0 Å². The van der Waals surface area contributed by atoms with Gasteiger partial charge in [0.25, 0.3) is 6.34 Å². The Morgan fingerprint density at radius 1 is 1.50 bits per heavy atom. The van der Waals surface area contributed by atoms with E-state index in [1.807, 2.05) is 0 Å². The highest BCUT2D eigenvalue weighted by Crippen LogP contribution is 1.88. The topological polar surface area (TPSA) is 35.3 Å². The van der Waals surface area contributed by atoms with Crippen molar-refractivity contribution in [3.05, 3.63) is 0 Å². The molecule has 0 radical (unpaired) electrons. The van der Waals surface area contributed by atoms with Gasteiger partial charge in [0.15, 0.2) is 0 Å². The van der Waals surface area contributed by atoms with Crippen molar-refractivity contribution in [3.63, 3.8) is 0 Å². The van der Waals surface area contributed by atoms with E-state index in [0.717, 1.165) is 25.9 Å². The molecule has 0 aromatic rings. The summed E-state index contributed by atoms with van der Waals surface area (Å²) >= 11 is 0. The van der Waals surface area contributed by atoms with E-state index in [2.05, 4.69) is 5.32 Å². The summed E-state index contributed by atoms with van der Waals surface area (Å²) in [7, 11) is 0. The Morgan fingerprint density at radius 3 is 3.25 bits per heavy atom. The smallest absolute Gasteiger partial charge is 0.271 e.